The van der Waals surface area contributed by atoms with Crippen LogP contribution in [0.2, 0.25) is 0 Å². The maximum Gasteiger partial charge on any atom is 0.226 e. The van der Waals surface area contributed by atoms with Crippen molar-refractivity contribution in [2.45, 2.75) is 64.0 Å². The Bertz CT molecular complexity index is 374. The molecule has 5 unspecified atom stereocenters. The Morgan fingerprint density at radius 2 is 1.95 bits per heavy atom. The first kappa shape index (κ1) is 15.3. The number of carbonyl (C=O) groups is 1. The van der Waals surface area contributed by atoms with Crippen molar-refractivity contribution in [1.29, 1.82) is 0 Å². The monoisotopic (exact) mass is 294 g/mol. The Labute approximate surface area is 128 Å². The second-order valence-electron chi connectivity index (χ2n) is 7.35. The van der Waals surface area contributed by atoms with Crippen LogP contribution >= 0.6 is 0 Å². The van der Waals surface area contributed by atoms with E-state index in [1.165, 1.54) is 32.1 Å². The highest BCUT2D eigenvalue weighted by Crippen LogP contribution is 2.43. The fourth-order valence-corrected chi connectivity index (χ4v) is 4.60. The van der Waals surface area contributed by atoms with Crippen molar-refractivity contribution in [3.8, 4) is 0 Å². The van der Waals surface area contributed by atoms with Gasteiger partial charge in [0.2, 0.25) is 5.91 Å². The third-order valence-corrected chi connectivity index (χ3v) is 5.94. The highest BCUT2D eigenvalue weighted by atomic mass is 16.5. The van der Waals surface area contributed by atoms with E-state index in [9.17, 15) is 4.79 Å². The quantitative estimate of drug-likeness (QED) is 0.849. The lowest BCUT2D eigenvalue weighted by Gasteiger charge is -2.43. The third-order valence-electron chi connectivity index (χ3n) is 5.94. The van der Waals surface area contributed by atoms with Gasteiger partial charge in [-0.05, 0) is 38.0 Å². The van der Waals surface area contributed by atoms with E-state index in [4.69, 9.17) is 10.5 Å². The van der Waals surface area contributed by atoms with E-state index >= 15 is 0 Å². The molecular formula is C17H30N2O2. The Balaban J connectivity index is 1.61. The van der Waals surface area contributed by atoms with Crippen molar-refractivity contribution >= 4 is 5.91 Å². The van der Waals surface area contributed by atoms with Gasteiger partial charge < -0.3 is 15.4 Å². The summed E-state index contributed by atoms with van der Waals surface area (Å²) in [6.45, 7) is 3.91. The van der Waals surface area contributed by atoms with Crippen LogP contribution in [-0.4, -0.2) is 42.6 Å². The molecule has 21 heavy (non-hydrogen) atoms. The number of hydrogen-bond acceptors (Lipinski definition) is 3. The molecule has 1 aliphatic heterocycles. The number of carbonyl (C=O) groups excluding carboxylic acids is 1. The number of morpholine rings is 1. The zero-order valence-electron chi connectivity index (χ0n) is 13.3. The molecule has 0 aromatic heterocycles. The van der Waals surface area contributed by atoms with Crippen LogP contribution in [0.4, 0.5) is 0 Å². The van der Waals surface area contributed by atoms with Crippen molar-refractivity contribution < 1.29 is 9.53 Å². The molecule has 3 fully saturated rings. The van der Waals surface area contributed by atoms with Gasteiger partial charge in [-0.25, -0.2) is 0 Å². The summed E-state index contributed by atoms with van der Waals surface area (Å²) in [6.07, 6.45) is 9.02. The molecule has 4 heteroatoms. The Morgan fingerprint density at radius 1 is 1.19 bits per heavy atom. The van der Waals surface area contributed by atoms with Gasteiger partial charge in [0.05, 0.1) is 18.8 Å². The number of nitrogens with zero attached hydrogens (tertiary/aromatic N) is 1. The second-order valence-corrected chi connectivity index (χ2v) is 7.35. The molecule has 0 aromatic rings. The predicted molar refractivity (Wildman–Crippen MR) is 82.8 cm³/mol. The normalized spacial score (nSPS) is 40.7. The number of nitrogens with two attached hydrogens (primary N) is 1. The fraction of sp³-hybridized carbons (Fsp3) is 0.941. The topological polar surface area (TPSA) is 55.6 Å². The van der Waals surface area contributed by atoms with Gasteiger partial charge in [0.25, 0.3) is 0 Å². The number of hydrogen-bond donors (Lipinski definition) is 1. The van der Waals surface area contributed by atoms with Crippen LogP contribution in [0.25, 0.3) is 0 Å². The van der Waals surface area contributed by atoms with Gasteiger partial charge in [0.15, 0.2) is 0 Å². The van der Waals surface area contributed by atoms with Gasteiger partial charge >= 0.3 is 0 Å². The van der Waals surface area contributed by atoms with E-state index in [1.807, 2.05) is 0 Å². The van der Waals surface area contributed by atoms with E-state index < -0.39 is 0 Å². The van der Waals surface area contributed by atoms with Crippen molar-refractivity contribution in [3.05, 3.63) is 0 Å². The van der Waals surface area contributed by atoms with E-state index in [-0.39, 0.29) is 18.1 Å². The Morgan fingerprint density at radius 3 is 2.71 bits per heavy atom. The molecule has 5 atom stereocenters. The van der Waals surface area contributed by atoms with Crippen LogP contribution < -0.4 is 5.73 Å². The zero-order valence-corrected chi connectivity index (χ0v) is 13.3. The molecule has 1 amide bonds. The van der Waals surface area contributed by atoms with Crippen LogP contribution in [0.15, 0.2) is 0 Å². The van der Waals surface area contributed by atoms with Crippen LogP contribution in [0.3, 0.4) is 0 Å². The van der Waals surface area contributed by atoms with Gasteiger partial charge in [0, 0.05) is 19.0 Å². The lowest BCUT2D eigenvalue weighted by molar-refractivity contribution is -0.150. The molecule has 3 aliphatic rings. The van der Waals surface area contributed by atoms with Gasteiger partial charge in [-0.3, -0.25) is 4.79 Å². The second kappa shape index (κ2) is 6.66. The highest BCUT2D eigenvalue weighted by molar-refractivity contribution is 5.79. The molecule has 0 radical (unpaired) electrons. The summed E-state index contributed by atoms with van der Waals surface area (Å²) in [5.74, 6) is 2.33. The molecule has 3 rings (SSSR count). The molecule has 0 spiro atoms. The van der Waals surface area contributed by atoms with Crippen LogP contribution in [0, 0.1) is 17.8 Å². The summed E-state index contributed by atoms with van der Waals surface area (Å²) in [5, 5.41) is 0. The molecular weight excluding hydrogens is 264 g/mol. The van der Waals surface area contributed by atoms with E-state index in [0.717, 1.165) is 24.7 Å². The van der Waals surface area contributed by atoms with Crippen LogP contribution in [-0.2, 0) is 9.53 Å². The standard InChI is InChI=1S/C17H30N2O2/c1-12-11-21-16(9-18)10-19(12)17(20)15-7-6-13-4-2-3-5-14(13)8-15/h12-16H,2-11,18H2,1H3. The smallest absolute Gasteiger partial charge is 0.226 e. The molecule has 0 aromatic carbocycles. The molecule has 4 nitrogen and oxygen atoms in total. The van der Waals surface area contributed by atoms with Crippen LogP contribution in [0.1, 0.15) is 51.9 Å². The Hall–Kier alpha value is -0.610. The van der Waals surface area contributed by atoms with E-state index in [2.05, 4.69) is 11.8 Å². The first-order valence-electron chi connectivity index (χ1n) is 8.81. The summed E-state index contributed by atoms with van der Waals surface area (Å²) < 4.78 is 5.67. The third kappa shape index (κ3) is 3.26. The minimum atomic E-state index is 0.0242. The minimum absolute atomic E-state index is 0.0242. The number of fused-ring (bicyclic) bond motifs is 1. The lowest BCUT2D eigenvalue weighted by atomic mass is 9.67. The maximum absolute atomic E-state index is 12.9. The molecule has 1 saturated heterocycles. The first-order chi connectivity index (χ1) is 10.2. The molecule has 2 N–H and O–H groups in total. The SMILES string of the molecule is CC1COC(CN)CN1C(=O)C1CCC2CCCCC2C1. The zero-order chi connectivity index (χ0) is 14.8. The van der Waals surface area contributed by atoms with Crippen molar-refractivity contribution in [2.24, 2.45) is 23.5 Å². The average Bonchev–Trinajstić information content (AvgIpc) is 2.54. The van der Waals surface area contributed by atoms with Gasteiger partial charge in [0.1, 0.15) is 0 Å². The molecule has 2 saturated carbocycles. The van der Waals surface area contributed by atoms with Gasteiger partial charge in [-0.1, -0.05) is 25.7 Å². The van der Waals surface area contributed by atoms with Gasteiger partial charge in [-0.15, -0.1) is 0 Å². The summed E-state index contributed by atoms with van der Waals surface area (Å²) in [4.78, 5) is 15.0. The molecule has 2 aliphatic carbocycles. The summed E-state index contributed by atoms with van der Waals surface area (Å²) in [6, 6.07) is 0.198. The van der Waals surface area contributed by atoms with Crippen molar-refractivity contribution in [2.75, 3.05) is 19.7 Å². The summed E-state index contributed by atoms with van der Waals surface area (Å²) >= 11 is 0. The summed E-state index contributed by atoms with van der Waals surface area (Å²) in [5.41, 5.74) is 5.71. The maximum atomic E-state index is 12.9. The molecule has 0 bridgehead atoms. The molecule has 1 heterocycles. The van der Waals surface area contributed by atoms with Gasteiger partial charge in [-0.2, -0.15) is 0 Å². The lowest BCUT2D eigenvalue weighted by Crippen LogP contribution is -2.55. The van der Waals surface area contributed by atoms with Crippen molar-refractivity contribution in [3.63, 3.8) is 0 Å². The first-order valence-corrected chi connectivity index (χ1v) is 8.81. The number of rotatable bonds is 2. The Kier molecular flexibility index (Phi) is 4.85. The van der Waals surface area contributed by atoms with Crippen LogP contribution in [0.5, 0.6) is 0 Å². The predicted octanol–water partition coefficient (Wildman–Crippen LogP) is 2.17. The largest absolute Gasteiger partial charge is 0.373 e. The average molecular weight is 294 g/mol. The highest BCUT2D eigenvalue weighted by Gasteiger charge is 2.39. The van der Waals surface area contributed by atoms with E-state index in [0.29, 0.717) is 25.6 Å². The van der Waals surface area contributed by atoms with Crippen molar-refractivity contribution in [1.82, 2.24) is 4.90 Å². The van der Waals surface area contributed by atoms with E-state index in [1.54, 1.807) is 0 Å². The number of ether oxygens (including phenoxy) is 1. The fourth-order valence-electron chi connectivity index (χ4n) is 4.60. The summed E-state index contributed by atoms with van der Waals surface area (Å²) in [7, 11) is 0. The number of amides is 1. The minimum Gasteiger partial charge on any atom is -0.373 e. The molecule has 120 valence electrons.